The van der Waals surface area contributed by atoms with Crippen molar-refractivity contribution in [3.05, 3.63) is 93.3 Å². The average molecular weight is 590 g/mol. The molecule has 224 valence electrons. The molecule has 0 radical (unpaired) electrons. The zero-order valence-electron chi connectivity index (χ0n) is 24.4. The van der Waals surface area contributed by atoms with Crippen LogP contribution in [-0.4, -0.2) is 65.9 Å². The average Bonchev–Trinajstić information content (AvgIpc) is 3.78. The minimum atomic E-state index is -4.55. The van der Waals surface area contributed by atoms with Crippen LogP contribution in [0.15, 0.2) is 48.7 Å². The smallest absolute Gasteiger partial charge is 0.348 e. The van der Waals surface area contributed by atoms with Crippen molar-refractivity contribution in [3.8, 4) is 11.8 Å². The van der Waals surface area contributed by atoms with Crippen molar-refractivity contribution in [2.75, 3.05) is 38.5 Å². The molecule has 2 heterocycles. The molecule has 3 aromatic rings. The summed E-state index contributed by atoms with van der Waals surface area (Å²) in [4.78, 5) is 33.9. The minimum Gasteiger partial charge on any atom is -0.348 e. The molecule has 1 aliphatic carbocycles. The molecule has 2 fully saturated rings. The largest absolute Gasteiger partial charge is 0.416 e. The highest BCUT2D eigenvalue weighted by molar-refractivity contribution is 6.04. The van der Waals surface area contributed by atoms with Gasteiger partial charge in [0, 0.05) is 67.3 Å². The summed E-state index contributed by atoms with van der Waals surface area (Å²) in [5, 5.41) is 5.54. The summed E-state index contributed by atoms with van der Waals surface area (Å²) in [6.45, 7) is 6.87. The molecule has 1 saturated carbocycles. The van der Waals surface area contributed by atoms with Gasteiger partial charge in [0.25, 0.3) is 11.8 Å². The molecular weight excluding hydrogens is 555 g/mol. The number of benzene rings is 2. The van der Waals surface area contributed by atoms with Crippen molar-refractivity contribution in [1.82, 2.24) is 20.1 Å². The number of piperazine rings is 1. The van der Waals surface area contributed by atoms with Crippen molar-refractivity contribution in [2.24, 2.45) is 0 Å². The van der Waals surface area contributed by atoms with Gasteiger partial charge in [0.1, 0.15) is 5.69 Å². The van der Waals surface area contributed by atoms with Crippen molar-refractivity contribution < 1.29 is 22.8 Å². The number of hydrogen-bond acceptors (Lipinski definition) is 5. The third kappa shape index (κ3) is 7.80. The van der Waals surface area contributed by atoms with Crippen molar-refractivity contribution in [3.63, 3.8) is 0 Å². The molecule has 0 bridgehead atoms. The van der Waals surface area contributed by atoms with Crippen LogP contribution in [0.5, 0.6) is 0 Å². The van der Waals surface area contributed by atoms with E-state index in [0.717, 1.165) is 37.6 Å². The maximum atomic E-state index is 14.0. The van der Waals surface area contributed by atoms with E-state index in [4.69, 9.17) is 0 Å². The fraction of sp³-hybridized carbons (Fsp3) is 0.364. The zero-order chi connectivity index (χ0) is 30.7. The Morgan fingerprint density at radius 1 is 0.953 bits per heavy atom. The molecule has 2 aromatic carbocycles. The summed E-state index contributed by atoms with van der Waals surface area (Å²) in [6.07, 6.45) is -1.04. The van der Waals surface area contributed by atoms with Crippen LogP contribution in [0, 0.1) is 25.7 Å². The van der Waals surface area contributed by atoms with Crippen LogP contribution in [-0.2, 0) is 12.7 Å². The quantitative estimate of drug-likeness (QED) is 0.396. The first-order valence-electron chi connectivity index (χ1n) is 14.3. The van der Waals surface area contributed by atoms with Gasteiger partial charge in [0.05, 0.1) is 5.56 Å². The summed E-state index contributed by atoms with van der Waals surface area (Å²) in [7, 11) is 1.99. The number of halogens is 3. The van der Waals surface area contributed by atoms with E-state index < -0.39 is 17.6 Å². The van der Waals surface area contributed by atoms with Gasteiger partial charge in [0.15, 0.2) is 0 Å². The number of anilines is 1. The topological polar surface area (TPSA) is 77.6 Å². The highest BCUT2D eigenvalue weighted by Gasteiger charge is 2.34. The molecule has 2 aliphatic rings. The number of alkyl halides is 3. The van der Waals surface area contributed by atoms with Crippen LogP contribution in [0.25, 0.3) is 0 Å². The summed E-state index contributed by atoms with van der Waals surface area (Å²) < 4.78 is 42.0. The van der Waals surface area contributed by atoms with Crippen molar-refractivity contribution in [2.45, 2.75) is 45.5 Å². The van der Waals surface area contributed by atoms with Gasteiger partial charge in [-0.3, -0.25) is 14.5 Å². The van der Waals surface area contributed by atoms with Gasteiger partial charge in [-0.05, 0) is 80.8 Å². The number of carbonyl (C=O) groups is 2. The second-order valence-electron chi connectivity index (χ2n) is 11.3. The number of carbonyl (C=O) groups excluding carboxylic acids is 2. The van der Waals surface area contributed by atoms with E-state index in [1.807, 2.05) is 18.9 Å². The van der Waals surface area contributed by atoms with Crippen LogP contribution in [0.2, 0.25) is 0 Å². The number of rotatable bonds is 6. The van der Waals surface area contributed by atoms with Crippen molar-refractivity contribution in [1.29, 1.82) is 0 Å². The number of nitrogens with one attached hydrogen (secondary N) is 2. The molecule has 0 unspecified atom stereocenters. The molecule has 0 atom stereocenters. The number of aromatic nitrogens is 1. The molecule has 2 N–H and O–H groups in total. The van der Waals surface area contributed by atoms with E-state index in [0.29, 0.717) is 35.5 Å². The molecule has 7 nitrogen and oxygen atoms in total. The summed E-state index contributed by atoms with van der Waals surface area (Å²) in [5.41, 5.74) is 2.90. The first-order chi connectivity index (χ1) is 20.5. The lowest BCUT2D eigenvalue weighted by atomic mass is 10.0. The van der Waals surface area contributed by atoms with Gasteiger partial charge in [-0.1, -0.05) is 24.0 Å². The third-order valence-electron chi connectivity index (χ3n) is 7.71. The van der Waals surface area contributed by atoms with Crippen molar-refractivity contribution >= 4 is 17.5 Å². The number of pyridine rings is 1. The Morgan fingerprint density at radius 3 is 2.37 bits per heavy atom. The van der Waals surface area contributed by atoms with Gasteiger partial charge >= 0.3 is 6.18 Å². The second kappa shape index (κ2) is 12.6. The maximum Gasteiger partial charge on any atom is 0.416 e. The number of amides is 2. The summed E-state index contributed by atoms with van der Waals surface area (Å²) in [6, 6.07) is 11.0. The highest BCUT2D eigenvalue weighted by Crippen LogP contribution is 2.35. The fourth-order valence-electron chi connectivity index (χ4n) is 4.91. The Hall–Kier alpha value is -4.20. The predicted octanol–water partition coefficient (Wildman–Crippen LogP) is 5.01. The Kier molecular flexibility index (Phi) is 8.85. The van der Waals surface area contributed by atoms with E-state index in [1.54, 1.807) is 37.4 Å². The number of nitrogens with zero attached hydrogens (tertiary/aromatic N) is 3. The van der Waals surface area contributed by atoms with Crippen LogP contribution >= 0.6 is 0 Å². The number of hydrogen-bond donors (Lipinski definition) is 2. The number of aryl methyl sites for hydroxylation is 2. The maximum absolute atomic E-state index is 14.0. The lowest BCUT2D eigenvalue weighted by Crippen LogP contribution is -2.44. The summed E-state index contributed by atoms with van der Waals surface area (Å²) >= 11 is 0. The van der Waals surface area contributed by atoms with E-state index >= 15 is 0 Å². The van der Waals surface area contributed by atoms with Gasteiger partial charge < -0.3 is 15.5 Å². The minimum absolute atomic E-state index is 0.0695. The molecule has 1 aliphatic heterocycles. The summed E-state index contributed by atoms with van der Waals surface area (Å²) in [5.74, 6) is 5.36. The molecule has 2 amide bonds. The molecule has 10 heteroatoms. The second-order valence-corrected chi connectivity index (χ2v) is 11.3. The van der Waals surface area contributed by atoms with E-state index in [1.165, 1.54) is 12.1 Å². The SMILES string of the molecule is Cc1ccc(C(=O)Nc2ccc(CN3CCN(C)CC3)c(C(F)(F)F)c2)cc1C#Cc1cnc(C(=O)NC2CC2)c(C)c1. The number of likely N-dealkylation sites (N-methyl/N-ethyl adjacent to an activating group) is 1. The van der Waals surface area contributed by atoms with Crippen LogP contribution in [0.3, 0.4) is 0 Å². The van der Waals surface area contributed by atoms with Crippen LogP contribution in [0.4, 0.5) is 18.9 Å². The Morgan fingerprint density at radius 2 is 1.70 bits per heavy atom. The lowest BCUT2D eigenvalue weighted by molar-refractivity contribution is -0.138. The standard InChI is InChI=1S/C33H34F3N5O2/c1-21-4-6-25(17-24(21)7-5-23-16-22(2)30(37-19-23)32(43)38-27-10-11-27)31(42)39-28-9-8-26(29(18-28)33(34,35)36)20-41-14-12-40(3)13-15-41/h4,6,8-9,16-19,27H,10-15,20H2,1-3H3,(H,38,43)(H,39,42). The normalized spacial score (nSPS) is 15.9. The van der Waals surface area contributed by atoms with Gasteiger partial charge in [-0.25, -0.2) is 4.98 Å². The molecule has 1 aromatic heterocycles. The zero-order valence-corrected chi connectivity index (χ0v) is 24.4. The van der Waals surface area contributed by atoms with Crippen LogP contribution < -0.4 is 10.6 Å². The Balaban J connectivity index is 1.30. The Labute approximate surface area is 249 Å². The van der Waals surface area contributed by atoms with E-state index in [2.05, 4.69) is 32.4 Å². The van der Waals surface area contributed by atoms with E-state index in [-0.39, 0.29) is 35.3 Å². The lowest BCUT2D eigenvalue weighted by Gasteiger charge is -2.33. The molecule has 5 rings (SSSR count). The van der Waals surface area contributed by atoms with E-state index in [9.17, 15) is 22.8 Å². The molecule has 0 spiro atoms. The van der Waals surface area contributed by atoms with Gasteiger partial charge in [-0.15, -0.1) is 0 Å². The monoisotopic (exact) mass is 589 g/mol. The molecule has 43 heavy (non-hydrogen) atoms. The molecular formula is C33H34F3N5O2. The third-order valence-corrected chi connectivity index (χ3v) is 7.71. The first kappa shape index (κ1) is 30.3. The predicted molar refractivity (Wildman–Crippen MR) is 159 cm³/mol. The Bertz CT molecular complexity index is 1600. The fourth-order valence-corrected chi connectivity index (χ4v) is 4.91. The van der Waals surface area contributed by atoms with Crippen LogP contribution in [0.1, 0.15) is 67.1 Å². The van der Waals surface area contributed by atoms with Gasteiger partial charge in [-0.2, -0.15) is 13.2 Å². The highest BCUT2D eigenvalue weighted by atomic mass is 19.4. The first-order valence-corrected chi connectivity index (χ1v) is 14.3. The molecule has 1 saturated heterocycles. The van der Waals surface area contributed by atoms with Gasteiger partial charge in [0.2, 0.25) is 0 Å².